The molecule has 1 aromatic rings. The Morgan fingerprint density at radius 3 is 2.50 bits per heavy atom. The van der Waals surface area contributed by atoms with E-state index in [0.29, 0.717) is 0 Å². The maximum absolute atomic E-state index is 9.52. The molecule has 1 aliphatic heterocycles. The second kappa shape index (κ2) is 5.72. The van der Waals surface area contributed by atoms with Gasteiger partial charge >= 0.3 is 0 Å². The van der Waals surface area contributed by atoms with Gasteiger partial charge in [0.15, 0.2) is 0 Å². The summed E-state index contributed by atoms with van der Waals surface area (Å²) < 4.78 is 0. The van der Waals surface area contributed by atoms with Crippen molar-refractivity contribution in [3.63, 3.8) is 0 Å². The molecule has 1 fully saturated rings. The van der Waals surface area contributed by atoms with Gasteiger partial charge in [-0.1, -0.05) is 18.2 Å². The van der Waals surface area contributed by atoms with Crippen molar-refractivity contribution in [3.8, 4) is 0 Å². The monoisotopic (exact) mass is 248 g/mol. The Kier molecular flexibility index (Phi) is 4.25. The van der Waals surface area contributed by atoms with Crippen LogP contribution in [0.3, 0.4) is 0 Å². The lowest BCUT2D eigenvalue weighted by molar-refractivity contribution is 0.159. The normalized spacial score (nSPS) is 22.0. The zero-order valence-electron chi connectivity index (χ0n) is 11.7. The van der Waals surface area contributed by atoms with E-state index < -0.39 is 0 Å². The molecule has 1 aliphatic rings. The summed E-state index contributed by atoms with van der Waals surface area (Å²) in [6.07, 6.45) is 1.15. The predicted octanol–water partition coefficient (Wildman–Crippen LogP) is 1.81. The largest absolute Gasteiger partial charge is 0.395 e. The number of aryl methyl sites for hydroxylation is 2. The zero-order chi connectivity index (χ0) is 13.1. The third-order valence-corrected chi connectivity index (χ3v) is 3.96. The zero-order valence-corrected chi connectivity index (χ0v) is 11.7. The number of hydrogen-bond donors (Lipinski definition) is 1. The standard InChI is InChI=1S/C15H24N2O/c1-12-6-4-7-13(2)15(12)17-9-5-8-16(3)14(10-17)11-18/h4,6-7,14,18H,5,8-11H2,1-3H3. The van der Waals surface area contributed by atoms with Gasteiger partial charge in [-0.3, -0.25) is 4.90 Å². The minimum absolute atomic E-state index is 0.234. The number of aliphatic hydroxyl groups is 1. The molecule has 1 aromatic carbocycles. The molecule has 100 valence electrons. The quantitative estimate of drug-likeness (QED) is 0.864. The van der Waals surface area contributed by atoms with Crippen molar-refractivity contribution >= 4 is 5.69 Å². The van der Waals surface area contributed by atoms with Gasteiger partial charge in [-0.25, -0.2) is 0 Å². The van der Waals surface area contributed by atoms with Gasteiger partial charge in [-0.2, -0.15) is 0 Å². The van der Waals surface area contributed by atoms with E-state index >= 15 is 0 Å². The van der Waals surface area contributed by atoms with Gasteiger partial charge < -0.3 is 10.0 Å². The third-order valence-electron chi connectivity index (χ3n) is 3.96. The first-order chi connectivity index (χ1) is 8.63. The van der Waals surface area contributed by atoms with Crippen LogP contribution in [-0.2, 0) is 0 Å². The fourth-order valence-corrected chi connectivity index (χ4v) is 2.88. The predicted molar refractivity (Wildman–Crippen MR) is 76.2 cm³/mol. The molecule has 1 unspecified atom stereocenters. The van der Waals surface area contributed by atoms with Gasteiger partial charge in [0, 0.05) is 24.8 Å². The van der Waals surface area contributed by atoms with Gasteiger partial charge in [0.1, 0.15) is 0 Å². The molecule has 1 heterocycles. The lowest BCUT2D eigenvalue weighted by Gasteiger charge is -2.30. The minimum atomic E-state index is 0.234. The van der Waals surface area contributed by atoms with Crippen molar-refractivity contribution in [2.45, 2.75) is 26.3 Å². The van der Waals surface area contributed by atoms with Gasteiger partial charge in [0.05, 0.1) is 6.61 Å². The van der Waals surface area contributed by atoms with E-state index in [-0.39, 0.29) is 12.6 Å². The van der Waals surface area contributed by atoms with E-state index in [2.05, 4.69) is 48.9 Å². The van der Waals surface area contributed by atoms with E-state index in [9.17, 15) is 5.11 Å². The molecule has 18 heavy (non-hydrogen) atoms. The van der Waals surface area contributed by atoms with Crippen LogP contribution in [0.1, 0.15) is 17.5 Å². The third kappa shape index (κ3) is 2.68. The van der Waals surface area contributed by atoms with Crippen molar-refractivity contribution < 1.29 is 5.11 Å². The Morgan fingerprint density at radius 1 is 1.22 bits per heavy atom. The number of benzene rings is 1. The highest BCUT2D eigenvalue weighted by Crippen LogP contribution is 2.26. The van der Waals surface area contributed by atoms with E-state index in [1.807, 2.05) is 0 Å². The van der Waals surface area contributed by atoms with Crippen LogP contribution in [0.2, 0.25) is 0 Å². The Labute approximate surface area is 110 Å². The smallest absolute Gasteiger partial charge is 0.0603 e. The average molecular weight is 248 g/mol. The van der Waals surface area contributed by atoms with E-state index in [1.165, 1.54) is 16.8 Å². The SMILES string of the molecule is Cc1cccc(C)c1N1CCCN(C)C(CO)C1. The van der Waals surface area contributed by atoms with Crippen molar-refractivity contribution in [1.29, 1.82) is 0 Å². The fraction of sp³-hybridized carbons (Fsp3) is 0.600. The van der Waals surface area contributed by atoms with E-state index in [1.54, 1.807) is 0 Å². The summed E-state index contributed by atoms with van der Waals surface area (Å²) in [7, 11) is 2.11. The summed E-state index contributed by atoms with van der Waals surface area (Å²) in [5, 5.41) is 9.52. The Bertz CT molecular complexity index is 385. The first-order valence-electron chi connectivity index (χ1n) is 6.75. The number of anilines is 1. The highest BCUT2D eigenvalue weighted by molar-refractivity contribution is 5.59. The lowest BCUT2D eigenvalue weighted by atomic mass is 10.1. The van der Waals surface area contributed by atoms with Crippen LogP contribution in [0.4, 0.5) is 5.69 Å². The van der Waals surface area contributed by atoms with Gasteiger partial charge in [-0.15, -0.1) is 0 Å². The van der Waals surface area contributed by atoms with Crippen LogP contribution in [0.5, 0.6) is 0 Å². The molecule has 0 amide bonds. The summed E-state index contributed by atoms with van der Waals surface area (Å²) in [6.45, 7) is 7.63. The molecule has 3 nitrogen and oxygen atoms in total. The van der Waals surface area contributed by atoms with Gasteiger partial charge in [0.2, 0.25) is 0 Å². The summed E-state index contributed by atoms with van der Waals surface area (Å²) in [5.74, 6) is 0. The van der Waals surface area contributed by atoms with Gasteiger partial charge in [-0.05, 0) is 45.0 Å². The van der Waals surface area contributed by atoms with Crippen LogP contribution in [0.15, 0.2) is 18.2 Å². The highest BCUT2D eigenvalue weighted by Gasteiger charge is 2.23. The van der Waals surface area contributed by atoms with Crippen LogP contribution >= 0.6 is 0 Å². The fourth-order valence-electron chi connectivity index (χ4n) is 2.88. The Hall–Kier alpha value is -1.06. The molecule has 0 spiro atoms. The summed E-state index contributed by atoms with van der Waals surface area (Å²) in [6, 6.07) is 6.70. The van der Waals surface area contributed by atoms with Crippen molar-refractivity contribution in [3.05, 3.63) is 29.3 Å². The topological polar surface area (TPSA) is 26.7 Å². The first-order valence-corrected chi connectivity index (χ1v) is 6.75. The molecule has 0 aromatic heterocycles. The van der Waals surface area contributed by atoms with Crippen molar-refractivity contribution in [2.24, 2.45) is 0 Å². The van der Waals surface area contributed by atoms with E-state index in [4.69, 9.17) is 0 Å². The highest BCUT2D eigenvalue weighted by atomic mass is 16.3. The second-order valence-corrected chi connectivity index (χ2v) is 5.36. The van der Waals surface area contributed by atoms with Crippen molar-refractivity contribution in [2.75, 3.05) is 38.2 Å². The van der Waals surface area contributed by atoms with Crippen molar-refractivity contribution in [1.82, 2.24) is 4.90 Å². The van der Waals surface area contributed by atoms with Gasteiger partial charge in [0.25, 0.3) is 0 Å². The number of likely N-dealkylation sites (N-methyl/N-ethyl adjacent to an activating group) is 1. The second-order valence-electron chi connectivity index (χ2n) is 5.36. The Balaban J connectivity index is 2.27. The summed E-state index contributed by atoms with van der Waals surface area (Å²) in [4.78, 5) is 4.71. The lowest BCUT2D eigenvalue weighted by Crippen LogP contribution is -2.41. The number of para-hydroxylation sites is 1. The van der Waals surface area contributed by atoms with Crippen LogP contribution in [-0.4, -0.2) is 49.3 Å². The molecule has 3 heteroatoms. The molecule has 2 rings (SSSR count). The van der Waals surface area contributed by atoms with E-state index in [0.717, 1.165) is 26.1 Å². The molecule has 1 atom stereocenters. The van der Waals surface area contributed by atoms with Crippen LogP contribution in [0.25, 0.3) is 0 Å². The van der Waals surface area contributed by atoms with Crippen LogP contribution < -0.4 is 4.90 Å². The first kappa shape index (κ1) is 13.4. The average Bonchev–Trinajstić information content (AvgIpc) is 2.51. The molecular weight excluding hydrogens is 224 g/mol. The minimum Gasteiger partial charge on any atom is -0.395 e. The summed E-state index contributed by atoms with van der Waals surface area (Å²) in [5.41, 5.74) is 4.01. The Morgan fingerprint density at radius 2 is 1.89 bits per heavy atom. The number of aliphatic hydroxyl groups excluding tert-OH is 1. The maximum Gasteiger partial charge on any atom is 0.0603 e. The molecule has 1 N–H and O–H groups in total. The molecule has 1 saturated heterocycles. The molecule has 0 bridgehead atoms. The molecule has 0 aliphatic carbocycles. The number of rotatable bonds is 2. The molecular formula is C15H24N2O. The van der Waals surface area contributed by atoms with Crippen LogP contribution in [0, 0.1) is 13.8 Å². The number of nitrogens with zero attached hydrogens (tertiary/aromatic N) is 2. The maximum atomic E-state index is 9.52. The number of hydrogen-bond acceptors (Lipinski definition) is 3. The molecule has 0 radical (unpaired) electrons. The summed E-state index contributed by atoms with van der Waals surface area (Å²) >= 11 is 0. The molecule has 0 saturated carbocycles.